The number of aromatic nitrogens is 1. The molecule has 1 aromatic rings. The van der Waals surface area contributed by atoms with Crippen LogP contribution in [0.15, 0.2) is 18.3 Å². The maximum Gasteiger partial charge on any atom is 0.422 e. The number of likely N-dealkylation sites (tertiary alicyclic amines) is 1. The number of sulfonamides is 1. The first-order chi connectivity index (χ1) is 11.5. The summed E-state index contributed by atoms with van der Waals surface area (Å²) in [6, 6.07) is 2.34. The quantitative estimate of drug-likeness (QED) is 0.827. The van der Waals surface area contributed by atoms with Gasteiger partial charge in [0.1, 0.15) is 0 Å². The van der Waals surface area contributed by atoms with Gasteiger partial charge in [0, 0.05) is 31.4 Å². The molecule has 0 aliphatic carbocycles. The van der Waals surface area contributed by atoms with Crippen molar-refractivity contribution in [2.24, 2.45) is 0 Å². The fourth-order valence-electron chi connectivity index (χ4n) is 2.43. The van der Waals surface area contributed by atoms with Crippen molar-refractivity contribution in [2.75, 3.05) is 26.0 Å². The molecule has 25 heavy (non-hydrogen) atoms. The lowest BCUT2D eigenvalue weighted by Gasteiger charge is -2.32. The van der Waals surface area contributed by atoms with Gasteiger partial charge in [-0.3, -0.25) is 4.79 Å². The van der Waals surface area contributed by atoms with Gasteiger partial charge in [-0.15, -0.1) is 0 Å². The Kier molecular flexibility index (Phi) is 5.88. The van der Waals surface area contributed by atoms with Crippen LogP contribution in [0.25, 0.3) is 0 Å². The predicted molar refractivity (Wildman–Crippen MR) is 82.7 cm³/mol. The van der Waals surface area contributed by atoms with Crippen molar-refractivity contribution >= 4 is 15.9 Å². The van der Waals surface area contributed by atoms with E-state index in [1.54, 1.807) is 4.90 Å². The number of hydrogen-bond acceptors (Lipinski definition) is 5. The molecule has 11 heteroatoms. The fourth-order valence-corrected chi connectivity index (χ4v) is 3.27. The van der Waals surface area contributed by atoms with Crippen LogP contribution in [0.2, 0.25) is 0 Å². The number of halogens is 3. The molecule has 0 aromatic carbocycles. The highest BCUT2D eigenvalue weighted by atomic mass is 32.2. The molecule has 1 aliphatic heterocycles. The Morgan fingerprint density at radius 1 is 1.36 bits per heavy atom. The summed E-state index contributed by atoms with van der Waals surface area (Å²) in [4.78, 5) is 17.6. The first-order valence-electron chi connectivity index (χ1n) is 7.46. The topological polar surface area (TPSA) is 88.6 Å². The van der Waals surface area contributed by atoms with E-state index in [1.165, 1.54) is 12.1 Å². The Morgan fingerprint density at radius 2 is 2.00 bits per heavy atom. The van der Waals surface area contributed by atoms with Crippen LogP contribution in [0.5, 0.6) is 5.88 Å². The van der Waals surface area contributed by atoms with Gasteiger partial charge in [0.25, 0.3) is 5.91 Å². The van der Waals surface area contributed by atoms with E-state index in [0.717, 1.165) is 12.5 Å². The third-order valence-electron chi connectivity index (χ3n) is 3.53. The third-order valence-corrected chi connectivity index (χ3v) is 4.29. The number of nitrogens with zero attached hydrogens (tertiary/aromatic N) is 2. The van der Waals surface area contributed by atoms with Crippen molar-refractivity contribution in [1.82, 2.24) is 14.6 Å². The molecule has 2 heterocycles. The standard InChI is InChI=1S/C14H18F3N3O4S/c1-25(22,23)19-11-4-6-20(7-5-11)13(21)10-2-3-12(18-8-10)24-9-14(15,16)17/h2-3,8,11,19H,4-7,9H2,1H3. The van der Waals surface area contributed by atoms with E-state index in [9.17, 15) is 26.4 Å². The summed E-state index contributed by atoms with van der Waals surface area (Å²) in [5.74, 6) is -0.530. The summed E-state index contributed by atoms with van der Waals surface area (Å²) in [6.45, 7) is -0.704. The first kappa shape index (κ1) is 19.4. The van der Waals surface area contributed by atoms with E-state index in [1.807, 2.05) is 0 Å². The van der Waals surface area contributed by atoms with Crippen LogP contribution in [-0.2, 0) is 10.0 Å². The van der Waals surface area contributed by atoms with Crippen molar-refractivity contribution in [2.45, 2.75) is 25.1 Å². The summed E-state index contributed by atoms with van der Waals surface area (Å²) in [6.07, 6.45) is -1.24. The number of carbonyl (C=O) groups is 1. The summed E-state index contributed by atoms with van der Waals surface area (Å²) in [5, 5.41) is 0. The van der Waals surface area contributed by atoms with Gasteiger partial charge in [-0.2, -0.15) is 13.2 Å². The van der Waals surface area contributed by atoms with Gasteiger partial charge in [-0.1, -0.05) is 0 Å². The zero-order chi connectivity index (χ0) is 18.7. The second-order valence-electron chi connectivity index (χ2n) is 5.75. The van der Waals surface area contributed by atoms with E-state index in [0.29, 0.717) is 25.9 Å². The zero-order valence-electron chi connectivity index (χ0n) is 13.4. The monoisotopic (exact) mass is 381 g/mol. The molecule has 0 spiro atoms. The lowest BCUT2D eigenvalue weighted by atomic mass is 10.1. The minimum absolute atomic E-state index is 0.213. The Morgan fingerprint density at radius 3 is 2.48 bits per heavy atom. The Hall–Kier alpha value is -1.88. The average molecular weight is 381 g/mol. The molecule has 1 aliphatic rings. The smallest absolute Gasteiger partial charge is 0.422 e. The van der Waals surface area contributed by atoms with E-state index >= 15 is 0 Å². The highest BCUT2D eigenvalue weighted by molar-refractivity contribution is 7.88. The number of hydrogen-bond donors (Lipinski definition) is 1. The summed E-state index contributed by atoms with van der Waals surface area (Å²) in [7, 11) is -3.29. The van der Waals surface area contributed by atoms with E-state index in [4.69, 9.17) is 0 Å². The molecule has 2 rings (SSSR count). The number of amides is 1. The molecule has 7 nitrogen and oxygen atoms in total. The second-order valence-corrected chi connectivity index (χ2v) is 7.53. The molecule has 1 amide bonds. The SMILES string of the molecule is CS(=O)(=O)NC1CCN(C(=O)c2ccc(OCC(F)(F)F)nc2)CC1. The Bertz CT molecular complexity index is 699. The van der Waals surface area contributed by atoms with E-state index in [2.05, 4.69) is 14.4 Å². The van der Waals surface area contributed by atoms with Crippen molar-refractivity contribution in [3.05, 3.63) is 23.9 Å². The van der Waals surface area contributed by atoms with E-state index in [-0.39, 0.29) is 23.4 Å². The molecule has 0 radical (unpaired) electrons. The molecule has 140 valence electrons. The highest BCUT2D eigenvalue weighted by Crippen LogP contribution is 2.18. The maximum absolute atomic E-state index is 12.3. The number of rotatable bonds is 5. The summed E-state index contributed by atoms with van der Waals surface area (Å²) in [5.41, 5.74) is 0.230. The number of alkyl halides is 3. The van der Waals surface area contributed by atoms with Gasteiger partial charge in [-0.05, 0) is 18.9 Å². The molecular formula is C14H18F3N3O4S. The van der Waals surface area contributed by atoms with Gasteiger partial charge >= 0.3 is 6.18 Å². The molecule has 1 N–H and O–H groups in total. The zero-order valence-corrected chi connectivity index (χ0v) is 14.2. The Balaban J connectivity index is 1.89. The molecule has 0 saturated carbocycles. The van der Waals surface area contributed by atoms with Crippen LogP contribution in [-0.4, -0.2) is 62.4 Å². The number of ether oxygens (including phenoxy) is 1. The molecule has 0 bridgehead atoms. The fraction of sp³-hybridized carbons (Fsp3) is 0.571. The number of carbonyl (C=O) groups excluding carboxylic acids is 1. The molecular weight excluding hydrogens is 363 g/mol. The number of piperidine rings is 1. The lowest BCUT2D eigenvalue weighted by Crippen LogP contribution is -2.46. The van der Waals surface area contributed by atoms with Crippen molar-refractivity contribution in [3.63, 3.8) is 0 Å². The van der Waals surface area contributed by atoms with E-state index < -0.39 is 22.8 Å². The van der Waals surface area contributed by atoms with Crippen LogP contribution in [0, 0.1) is 0 Å². The normalized spacial score (nSPS) is 16.7. The van der Waals surface area contributed by atoms with Crippen LogP contribution in [0.1, 0.15) is 23.2 Å². The van der Waals surface area contributed by atoms with Gasteiger partial charge < -0.3 is 9.64 Å². The molecule has 1 fully saturated rings. The van der Waals surface area contributed by atoms with Crippen molar-refractivity contribution in [3.8, 4) is 5.88 Å². The lowest BCUT2D eigenvalue weighted by molar-refractivity contribution is -0.154. The van der Waals surface area contributed by atoms with Gasteiger partial charge in [-0.25, -0.2) is 18.1 Å². The van der Waals surface area contributed by atoms with Crippen LogP contribution < -0.4 is 9.46 Å². The summed E-state index contributed by atoms with van der Waals surface area (Å²) >= 11 is 0. The minimum atomic E-state index is -4.46. The number of pyridine rings is 1. The number of nitrogens with one attached hydrogen (secondary N) is 1. The maximum atomic E-state index is 12.3. The third kappa shape index (κ3) is 6.50. The average Bonchev–Trinajstić information content (AvgIpc) is 2.51. The molecule has 0 unspecified atom stereocenters. The van der Waals surface area contributed by atoms with Gasteiger partial charge in [0.15, 0.2) is 6.61 Å². The predicted octanol–water partition coefficient (Wildman–Crippen LogP) is 1.18. The van der Waals surface area contributed by atoms with Gasteiger partial charge in [0.05, 0.1) is 11.8 Å². The minimum Gasteiger partial charge on any atom is -0.468 e. The van der Waals surface area contributed by atoms with Crippen LogP contribution >= 0.6 is 0 Å². The summed E-state index contributed by atoms with van der Waals surface area (Å²) < 4.78 is 65.6. The molecule has 0 atom stereocenters. The second kappa shape index (κ2) is 7.56. The van der Waals surface area contributed by atoms with Gasteiger partial charge in [0.2, 0.25) is 15.9 Å². The van der Waals surface area contributed by atoms with Crippen molar-refractivity contribution < 1.29 is 31.1 Å². The van der Waals surface area contributed by atoms with Crippen LogP contribution in [0.4, 0.5) is 13.2 Å². The highest BCUT2D eigenvalue weighted by Gasteiger charge is 2.29. The Labute approximate surface area is 143 Å². The first-order valence-corrected chi connectivity index (χ1v) is 9.35. The van der Waals surface area contributed by atoms with Crippen LogP contribution in [0.3, 0.4) is 0 Å². The largest absolute Gasteiger partial charge is 0.468 e. The van der Waals surface area contributed by atoms with Crippen molar-refractivity contribution in [1.29, 1.82) is 0 Å². The molecule has 1 saturated heterocycles. The molecule has 1 aromatic heterocycles.